The summed E-state index contributed by atoms with van der Waals surface area (Å²) in [4.78, 5) is 22.7. The number of aromatic nitrogens is 4. The van der Waals surface area contributed by atoms with Crippen LogP contribution in [0.5, 0.6) is 0 Å². The quantitative estimate of drug-likeness (QED) is 0.743. The van der Waals surface area contributed by atoms with Gasteiger partial charge >= 0.3 is 0 Å². The predicted octanol–water partition coefficient (Wildman–Crippen LogP) is 2.68. The van der Waals surface area contributed by atoms with Crippen molar-refractivity contribution in [3.63, 3.8) is 0 Å². The van der Waals surface area contributed by atoms with Gasteiger partial charge in [0.2, 0.25) is 0 Å². The second-order valence-corrected chi connectivity index (χ2v) is 5.84. The summed E-state index contributed by atoms with van der Waals surface area (Å²) in [5.74, 6) is -0.0452. The van der Waals surface area contributed by atoms with Gasteiger partial charge in [-0.2, -0.15) is 5.10 Å². The number of hydrogen-bond donors (Lipinski definition) is 0. The van der Waals surface area contributed by atoms with Gasteiger partial charge in [-0.05, 0) is 31.5 Å². The largest absolute Gasteiger partial charge is 0.337 e. The molecular weight excluding hydrogens is 290 g/mol. The molecule has 0 fully saturated rings. The standard InChI is InChI=1S/C17H19N5O/c1-12(2)22-11-14(9-20-22)17(23)21(3)10-13-4-5-15-16(8-13)19-7-6-18-15/h4-9,11-12H,10H2,1-3H3. The topological polar surface area (TPSA) is 63.9 Å². The monoisotopic (exact) mass is 309 g/mol. The number of rotatable bonds is 4. The molecule has 1 aromatic carbocycles. The van der Waals surface area contributed by atoms with Crippen LogP contribution in [0, 0.1) is 0 Å². The molecule has 0 unspecified atom stereocenters. The maximum Gasteiger partial charge on any atom is 0.257 e. The molecule has 2 aromatic heterocycles. The molecule has 23 heavy (non-hydrogen) atoms. The molecule has 2 heterocycles. The maximum absolute atomic E-state index is 12.5. The van der Waals surface area contributed by atoms with Crippen molar-refractivity contribution in [1.82, 2.24) is 24.6 Å². The van der Waals surface area contributed by atoms with Gasteiger partial charge < -0.3 is 4.90 Å². The average molecular weight is 309 g/mol. The molecule has 0 bridgehead atoms. The lowest BCUT2D eigenvalue weighted by atomic mass is 10.1. The third-order valence-electron chi connectivity index (χ3n) is 3.68. The Kier molecular flexibility index (Phi) is 4.06. The van der Waals surface area contributed by atoms with E-state index in [1.807, 2.05) is 32.0 Å². The van der Waals surface area contributed by atoms with E-state index in [1.165, 1.54) is 0 Å². The minimum atomic E-state index is -0.0452. The number of fused-ring (bicyclic) bond motifs is 1. The molecule has 0 atom stereocenters. The van der Waals surface area contributed by atoms with Crippen LogP contribution in [0.1, 0.15) is 35.8 Å². The summed E-state index contributed by atoms with van der Waals surface area (Å²) in [7, 11) is 1.79. The SMILES string of the molecule is CC(C)n1cc(C(=O)N(C)Cc2ccc3nccnc3c2)cn1. The van der Waals surface area contributed by atoms with Gasteiger partial charge in [-0.25, -0.2) is 0 Å². The van der Waals surface area contributed by atoms with Crippen LogP contribution in [0.2, 0.25) is 0 Å². The molecule has 0 aliphatic heterocycles. The number of amides is 1. The summed E-state index contributed by atoms with van der Waals surface area (Å²) in [5, 5.41) is 4.22. The lowest BCUT2D eigenvalue weighted by Crippen LogP contribution is -2.25. The minimum Gasteiger partial charge on any atom is -0.337 e. The molecule has 0 spiro atoms. The van der Waals surface area contributed by atoms with Crippen molar-refractivity contribution in [3.8, 4) is 0 Å². The molecule has 0 aliphatic carbocycles. The van der Waals surface area contributed by atoms with Crippen LogP contribution < -0.4 is 0 Å². The fraction of sp³-hybridized carbons (Fsp3) is 0.294. The van der Waals surface area contributed by atoms with Crippen molar-refractivity contribution in [2.24, 2.45) is 0 Å². The van der Waals surface area contributed by atoms with Gasteiger partial charge in [0.05, 0.1) is 22.8 Å². The zero-order chi connectivity index (χ0) is 16.4. The highest BCUT2D eigenvalue weighted by Gasteiger charge is 2.15. The van der Waals surface area contributed by atoms with E-state index in [4.69, 9.17) is 0 Å². The van der Waals surface area contributed by atoms with Crippen LogP contribution in [0.25, 0.3) is 11.0 Å². The lowest BCUT2D eigenvalue weighted by molar-refractivity contribution is 0.0785. The highest BCUT2D eigenvalue weighted by atomic mass is 16.2. The van der Waals surface area contributed by atoms with Crippen molar-refractivity contribution in [1.29, 1.82) is 0 Å². The van der Waals surface area contributed by atoms with Crippen LogP contribution in [-0.4, -0.2) is 37.6 Å². The van der Waals surface area contributed by atoms with Crippen LogP contribution in [0.4, 0.5) is 0 Å². The zero-order valence-electron chi connectivity index (χ0n) is 13.5. The second kappa shape index (κ2) is 6.16. The normalized spacial score (nSPS) is 11.1. The van der Waals surface area contributed by atoms with Crippen LogP contribution in [-0.2, 0) is 6.54 Å². The molecule has 6 heteroatoms. The van der Waals surface area contributed by atoms with Crippen LogP contribution >= 0.6 is 0 Å². The Bertz CT molecular complexity index is 840. The van der Waals surface area contributed by atoms with Crippen molar-refractivity contribution >= 4 is 16.9 Å². The van der Waals surface area contributed by atoms with Gasteiger partial charge in [0.25, 0.3) is 5.91 Å². The van der Waals surface area contributed by atoms with Gasteiger partial charge in [0, 0.05) is 38.2 Å². The Morgan fingerprint density at radius 2 is 1.96 bits per heavy atom. The molecule has 0 aliphatic rings. The maximum atomic E-state index is 12.5. The fourth-order valence-corrected chi connectivity index (χ4v) is 2.40. The summed E-state index contributed by atoms with van der Waals surface area (Å²) < 4.78 is 1.78. The van der Waals surface area contributed by atoms with E-state index < -0.39 is 0 Å². The first kappa shape index (κ1) is 15.1. The molecule has 3 rings (SSSR count). The van der Waals surface area contributed by atoms with Crippen molar-refractivity contribution < 1.29 is 4.79 Å². The second-order valence-electron chi connectivity index (χ2n) is 5.84. The van der Waals surface area contributed by atoms with Gasteiger partial charge in [-0.3, -0.25) is 19.4 Å². The number of hydrogen-bond acceptors (Lipinski definition) is 4. The molecule has 1 amide bonds. The molecule has 3 aromatic rings. The molecule has 6 nitrogen and oxygen atoms in total. The average Bonchev–Trinajstić information content (AvgIpc) is 3.04. The molecule has 0 radical (unpaired) electrons. The third kappa shape index (κ3) is 3.21. The minimum absolute atomic E-state index is 0.0452. The first-order valence-corrected chi connectivity index (χ1v) is 7.54. The summed E-state index contributed by atoms with van der Waals surface area (Å²) >= 11 is 0. The first-order valence-electron chi connectivity index (χ1n) is 7.54. The molecule has 0 saturated carbocycles. The Morgan fingerprint density at radius 1 is 1.22 bits per heavy atom. The third-order valence-corrected chi connectivity index (χ3v) is 3.68. The van der Waals surface area contributed by atoms with E-state index in [2.05, 4.69) is 15.1 Å². The zero-order valence-corrected chi connectivity index (χ0v) is 13.5. The van der Waals surface area contributed by atoms with E-state index in [1.54, 1.807) is 41.4 Å². The van der Waals surface area contributed by atoms with Crippen LogP contribution in [0.15, 0.2) is 43.0 Å². The number of benzene rings is 1. The summed E-state index contributed by atoms with van der Waals surface area (Å²) in [6, 6.07) is 6.09. The van der Waals surface area contributed by atoms with Gasteiger partial charge in [0.15, 0.2) is 0 Å². The number of nitrogens with zero attached hydrogens (tertiary/aromatic N) is 5. The van der Waals surface area contributed by atoms with Crippen molar-refractivity contribution in [3.05, 3.63) is 54.1 Å². The van der Waals surface area contributed by atoms with E-state index >= 15 is 0 Å². The molecular formula is C17H19N5O. The Balaban J connectivity index is 1.76. The Hall–Kier alpha value is -2.76. The van der Waals surface area contributed by atoms with E-state index in [-0.39, 0.29) is 11.9 Å². The van der Waals surface area contributed by atoms with Crippen molar-refractivity contribution in [2.45, 2.75) is 26.4 Å². The molecule has 118 valence electrons. The first-order chi connectivity index (χ1) is 11.0. The fourth-order valence-electron chi connectivity index (χ4n) is 2.40. The van der Waals surface area contributed by atoms with Gasteiger partial charge in [0.1, 0.15) is 0 Å². The van der Waals surface area contributed by atoms with Crippen molar-refractivity contribution in [2.75, 3.05) is 7.05 Å². The summed E-state index contributed by atoms with van der Waals surface area (Å²) in [5.41, 5.74) is 3.30. The van der Waals surface area contributed by atoms with Gasteiger partial charge in [-0.15, -0.1) is 0 Å². The summed E-state index contributed by atoms with van der Waals surface area (Å²) in [6.45, 7) is 4.57. The van der Waals surface area contributed by atoms with Gasteiger partial charge in [-0.1, -0.05) is 6.07 Å². The van der Waals surface area contributed by atoms with E-state index in [0.29, 0.717) is 12.1 Å². The highest BCUT2D eigenvalue weighted by Crippen LogP contribution is 2.14. The number of carbonyl (C=O) groups is 1. The molecule has 0 saturated heterocycles. The molecule has 0 N–H and O–H groups in total. The number of carbonyl (C=O) groups excluding carboxylic acids is 1. The Morgan fingerprint density at radius 3 is 2.65 bits per heavy atom. The van der Waals surface area contributed by atoms with Crippen LogP contribution in [0.3, 0.4) is 0 Å². The lowest BCUT2D eigenvalue weighted by Gasteiger charge is -2.16. The highest BCUT2D eigenvalue weighted by molar-refractivity contribution is 5.93. The smallest absolute Gasteiger partial charge is 0.257 e. The van der Waals surface area contributed by atoms with E-state index in [0.717, 1.165) is 16.6 Å². The predicted molar refractivity (Wildman–Crippen MR) is 87.9 cm³/mol. The summed E-state index contributed by atoms with van der Waals surface area (Å²) in [6.07, 6.45) is 6.74. The Labute approximate surface area is 134 Å². The van der Waals surface area contributed by atoms with E-state index in [9.17, 15) is 4.79 Å².